The molecule has 0 aliphatic carbocycles. The number of benzene rings is 1. The number of amides is 1. The van der Waals surface area contributed by atoms with Gasteiger partial charge in [-0.05, 0) is 31.0 Å². The molecule has 2 aromatic heterocycles. The van der Waals surface area contributed by atoms with Crippen molar-refractivity contribution >= 4 is 17.4 Å². The Morgan fingerprint density at radius 2 is 2.03 bits per heavy atom. The fourth-order valence-corrected chi connectivity index (χ4v) is 3.50. The monoisotopic (exact) mass is 420 g/mol. The van der Waals surface area contributed by atoms with Crippen LogP contribution in [0.25, 0.3) is 5.65 Å². The molecule has 0 radical (unpaired) electrons. The van der Waals surface area contributed by atoms with Crippen LogP contribution in [0.15, 0.2) is 36.7 Å². The van der Waals surface area contributed by atoms with E-state index in [1.165, 1.54) is 24.3 Å². The molecule has 1 N–H and O–H groups in total. The van der Waals surface area contributed by atoms with E-state index in [9.17, 15) is 18.0 Å². The van der Waals surface area contributed by atoms with Crippen molar-refractivity contribution in [3.63, 3.8) is 0 Å². The third kappa shape index (κ3) is 4.44. The van der Waals surface area contributed by atoms with Gasteiger partial charge in [0.15, 0.2) is 5.82 Å². The van der Waals surface area contributed by atoms with Crippen molar-refractivity contribution < 1.29 is 22.7 Å². The molecule has 1 atom stereocenters. The molecule has 0 spiro atoms. The minimum absolute atomic E-state index is 0.0589. The second-order valence-corrected chi connectivity index (χ2v) is 7.06. The highest BCUT2D eigenvalue weighted by atomic mass is 19.4. The van der Waals surface area contributed by atoms with Crippen LogP contribution < -0.4 is 15.0 Å². The van der Waals surface area contributed by atoms with Gasteiger partial charge in [0.1, 0.15) is 11.6 Å². The molecule has 0 saturated carbocycles. The van der Waals surface area contributed by atoms with Crippen molar-refractivity contribution in [1.82, 2.24) is 24.9 Å². The quantitative estimate of drug-likeness (QED) is 0.682. The Kier molecular flexibility index (Phi) is 5.18. The molecule has 1 amide bonds. The van der Waals surface area contributed by atoms with E-state index in [1.54, 1.807) is 12.4 Å². The third-order valence-corrected chi connectivity index (χ3v) is 4.85. The van der Waals surface area contributed by atoms with Crippen LogP contribution in [-0.4, -0.2) is 51.0 Å². The van der Waals surface area contributed by atoms with Gasteiger partial charge in [-0.1, -0.05) is 12.1 Å². The van der Waals surface area contributed by atoms with E-state index in [0.29, 0.717) is 24.3 Å². The third-order valence-electron chi connectivity index (χ3n) is 4.85. The van der Waals surface area contributed by atoms with E-state index in [2.05, 4.69) is 30.1 Å². The van der Waals surface area contributed by atoms with Gasteiger partial charge in [0, 0.05) is 31.5 Å². The van der Waals surface area contributed by atoms with Crippen molar-refractivity contribution in [2.75, 3.05) is 18.0 Å². The number of halogens is 3. The fourth-order valence-electron chi connectivity index (χ4n) is 3.50. The highest BCUT2D eigenvalue weighted by molar-refractivity contribution is 5.79. The summed E-state index contributed by atoms with van der Waals surface area (Å²) in [4.78, 5) is 18.8. The normalized spacial score (nSPS) is 16.8. The average molecular weight is 420 g/mol. The van der Waals surface area contributed by atoms with Crippen molar-refractivity contribution in [3.05, 3.63) is 48.0 Å². The van der Waals surface area contributed by atoms with E-state index in [0.717, 1.165) is 18.1 Å². The molecule has 1 saturated heterocycles. The fraction of sp³-hybridized carbons (Fsp3) is 0.368. The van der Waals surface area contributed by atoms with Crippen molar-refractivity contribution in [2.24, 2.45) is 0 Å². The molecule has 3 aromatic rings. The van der Waals surface area contributed by atoms with Gasteiger partial charge in [0.2, 0.25) is 11.6 Å². The summed E-state index contributed by atoms with van der Waals surface area (Å²) in [6.45, 7) is 3.16. The van der Waals surface area contributed by atoms with Gasteiger partial charge < -0.3 is 15.0 Å². The lowest BCUT2D eigenvalue weighted by Crippen LogP contribution is -2.38. The predicted octanol–water partition coefficient (Wildman–Crippen LogP) is 2.27. The highest BCUT2D eigenvalue weighted by Crippen LogP contribution is 2.24. The summed E-state index contributed by atoms with van der Waals surface area (Å²) in [6.07, 6.45) is -0.428. The smallest absolute Gasteiger partial charge is 0.406 e. The summed E-state index contributed by atoms with van der Waals surface area (Å²) < 4.78 is 42.3. The van der Waals surface area contributed by atoms with E-state index in [1.807, 2.05) is 11.3 Å². The Morgan fingerprint density at radius 1 is 1.27 bits per heavy atom. The second-order valence-electron chi connectivity index (χ2n) is 7.06. The van der Waals surface area contributed by atoms with Gasteiger partial charge in [-0.3, -0.25) is 9.20 Å². The minimum atomic E-state index is -4.74. The van der Waals surface area contributed by atoms with E-state index in [-0.39, 0.29) is 24.1 Å². The van der Waals surface area contributed by atoms with E-state index < -0.39 is 6.36 Å². The van der Waals surface area contributed by atoms with Crippen LogP contribution in [0.2, 0.25) is 0 Å². The van der Waals surface area contributed by atoms with E-state index in [4.69, 9.17) is 0 Å². The SMILES string of the molecule is Cc1nnc2c(N3CCC(NC(=O)Cc4ccc(OC(F)(F)F)cc4)C3)nccn12. The number of nitrogens with zero attached hydrogens (tertiary/aromatic N) is 5. The number of nitrogens with one attached hydrogen (secondary N) is 1. The van der Waals surface area contributed by atoms with Gasteiger partial charge in [0.25, 0.3) is 0 Å². The first-order valence-electron chi connectivity index (χ1n) is 9.34. The molecule has 158 valence electrons. The molecular formula is C19H19F3N6O2. The maximum Gasteiger partial charge on any atom is 0.573 e. The van der Waals surface area contributed by atoms with Crippen LogP contribution in [0.5, 0.6) is 5.75 Å². The summed E-state index contributed by atoms with van der Waals surface area (Å²) in [5.74, 6) is 0.971. The summed E-state index contributed by atoms with van der Waals surface area (Å²) in [7, 11) is 0. The lowest BCUT2D eigenvalue weighted by Gasteiger charge is -2.18. The lowest BCUT2D eigenvalue weighted by molar-refractivity contribution is -0.274. The molecule has 1 fully saturated rings. The summed E-state index contributed by atoms with van der Waals surface area (Å²) in [5, 5.41) is 11.2. The number of aromatic nitrogens is 4. The standard InChI is InChI=1S/C19H19F3N6O2/c1-12-25-26-18-17(23-7-9-28(12)18)27-8-6-14(11-27)24-16(29)10-13-2-4-15(5-3-13)30-19(20,21)22/h2-5,7,9,14H,6,8,10-11H2,1H3,(H,24,29). The van der Waals surface area contributed by atoms with Crippen molar-refractivity contribution in [3.8, 4) is 5.75 Å². The minimum Gasteiger partial charge on any atom is -0.406 e. The van der Waals surface area contributed by atoms with Crippen molar-refractivity contribution in [2.45, 2.75) is 32.2 Å². The summed E-state index contributed by atoms with van der Waals surface area (Å²) in [6, 6.07) is 5.22. The van der Waals surface area contributed by atoms with Crippen LogP contribution in [0.1, 0.15) is 17.8 Å². The number of anilines is 1. The van der Waals surface area contributed by atoms with Gasteiger partial charge in [0.05, 0.1) is 6.42 Å². The molecule has 11 heteroatoms. The molecule has 30 heavy (non-hydrogen) atoms. The first kappa shape index (κ1) is 19.9. The maximum atomic E-state index is 12.4. The Labute approximate surface area is 169 Å². The number of hydrogen-bond acceptors (Lipinski definition) is 6. The molecule has 1 aromatic carbocycles. The van der Waals surface area contributed by atoms with Gasteiger partial charge in [-0.25, -0.2) is 4.98 Å². The second kappa shape index (κ2) is 7.81. The molecular weight excluding hydrogens is 401 g/mol. The van der Waals surface area contributed by atoms with Gasteiger partial charge in [-0.15, -0.1) is 23.4 Å². The first-order valence-corrected chi connectivity index (χ1v) is 9.34. The average Bonchev–Trinajstić information content (AvgIpc) is 3.29. The highest BCUT2D eigenvalue weighted by Gasteiger charge is 2.31. The van der Waals surface area contributed by atoms with Crippen LogP contribution in [0.4, 0.5) is 19.0 Å². The lowest BCUT2D eigenvalue weighted by atomic mass is 10.1. The summed E-state index contributed by atoms with van der Waals surface area (Å²) >= 11 is 0. The van der Waals surface area contributed by atoms with Gasteiger partial charge >= 0.3 is 6.36 Å². The predicted molar refractivity (Wildman–Crippen MR) is 101 cm³/mol. The Balaban J connectivity index is 1.33. The molecule has 4 rings (SSSR count). The number of hydrogen-bond donors (Lipinski definition) is 1. The molecule has 0 bridgehead atoms. The zero-order chi connectivity index (χ0) is 21.3. The summed E-state index contributed by atoms with van der Waals surface area (Å²) in [5.41, 5.74) is 1.27. The number of carbonyl (C=O) groups excluding carboxylic acids is 1. The maximum absolute atomic E-state index is 12.4. The first-order chi connectivity index (χ1) is 14.3. The van der Waals surface area contributed by atoms with Crippen LogP contribution >= 0.6 is 0 Å². The number of aryl methyl sites for hydroxylation is 1. The largest absolute Gasteiger partial charge is 0.573 e. The van der Waals surface area contributed by atoms with Crippen LogP contribution in [-0.2, 0) is 11.2 Å². The number of alkyl halides is 3. The van der Waals surface area contributed by atoms with Crippen LogP contribution in [0.3, 0.4) is 0 Å². The molecule has 1 unspecified atom stereocenters. The number of carbonyl (C=O) groups is 1. The van der Waals surface area contributed by atoms with Gasteiger partial charge in [-0.2, -0.15) is 0 Å². The molecule has 8 nitrogen and oxygen atoms in total. The Bertz CT molecular complexity index is 1050. The number of fused-ring (bicyclic) bond motifs is 1. The number of ether oxygens (including phenoxy) is 1. The van der Waals surface area contributed by atoms with E-state index >= 15 is 0 Å². The topological polar surface area (TPSA) is 84.7 Å². The number of rotatable bonds is 5. The van der Waals surface area contributed by atoms with Crippen LogP contribution in [0, 0.1) is 6.92 Å². The molecule has 3 heterocycles. The molecule has 1 aliphatic rings. The van der Waals surface area contributed by atoms with Crippen molar-refractivity contribution in [1.29, 1.82) is 0 Å². The Hall–Kier alpha value is -3.37. The zero-order valence-electron chi connectivity index (χ0n) is 16.1. The zero-order valence-corrected chi connectivity index (χ0v) is 16.1. The molecule has 1 aliphatic heterocycles. The Morgan fingerprint density at radius 3 is 2.77 bits per heavy atom.